The van der Waals surface area contributed by atoms with Crippen LogP contribution in [0.4, 0.5) is 9.59 Å². The number of hydrogen-bond acceptors (Lipinski definition) is 5. The first kappa shape index (κ1) is 19.6. The van der Waals surface area contributed by atoms with Gasteiger partial charge >= 0.3 is 158 Å². The molecule has 2 aromatic rings. The van der Waals surface area contributed by atoms with Crippen LogP contribution in [0.15, 0.2) is 49.7 Å². The summed E-state index contributed by atoms with van der Waals surface area (Å²) in [4.78, 5) is 23.6. The Bertz CT molecular complexity index is 880. The summed E-state index contributed by atoms with van der Waals surface area (Å²) in [5.74, 6) is 0. The summed E-state index contributed by atoms with van der Waals surface area (Å²) < 4.78 is 11.2. The molecule has 1 aromatic carbocycles. The van der Waals surface area contributed by atoms with Crippen LogP contribution in [0.2, 0.25) is 5.21 Å². The first-order valence-corrected chi connectivity index (χ1v) is 10.5. The molecule has 26 heavy (non-hydrogen) atoms. The van der Waals surface area contributed by atoms with Crippen LogP contribution < -0.4 is 0 Å². The summed E-state index contributed by atoms with van der Waals surface area (Å²) in [5, 5.41) is 10.8. The van der Waals surface area contributed by atoms with E-state index in [2.05, 4.69) is 19.2 Å². The van der Waals surface area contributed by atoms with Crippen molar-refractivity contribution in [2.24, 2.45) is 0 Å². The maximum absolute atomic E-state index is 12.1. The van der Waals surface area contributed by atoms with Crippen molar-refractivity contribution in [3.63, 3.8) is 0 Å². The second-order valence-corrected chi connectivity index (χ2v) is 7.95. The Balaban J connectivity index is 2.13. The van der Waals surface area contributed by atoms with Crippen molar-refractivity contribution < 1.29 is 19.1 Å². The molecular formula is C19H19AsN2O4. The molecule has 0 bridgehead atoms. The third-order valence-electron chi connectivity index (χ3n) is 3.53. The fourth-order valence-corrected chi connectivity index (χ4v) is 4.05. The molecule has 0 aliphatic heterocycles. The van der Waals surface area contributed by atoms with Gasteiger partial charge in [-0.15, -0.1) is 0 Å². The monoisotopic (exact) mass is 414 g/mol. The molecule has 1 heterocycles. The molecule has 0 N–H and O–H groups in total. The molecule has 1 unspecified atom stereocenters. The average molecular weight is 414 g/mol. The van der Waals surface area contributed by atoms with Gasteiger partial charge in [0.25, 0.3) is 0 Å². The van der Waals surface area contributed by atoms with Crippen molar-refractivity contribution in [3.05, 3.63) is 60.8 Å². The molecule has 0 radical (unpaired) electrons. The average Bonchev–Trinajstić information content (AvgIpc) is 3.02. The topological polar surface area (TPSA) is 81.3 Å². The maximum atomic E-state index is 12.1. The summed E-state index contributed by atoms with van der Waals surface area (Å²) in [6.07, 6.45) is 4.67. The van der Waals surface area contributed by atoms with E-state index in [9.17, 15) is 14.9 Å². The minimum absolute atomic E-state index is 0.102. The molecule has 1 aromatic heterocycles. The predicted molar refractivity (Wildman–Crippen MR) is 101 cm³/mol. The van der Waals surface area contributed by atoms with Crippen LogP contribution in [-0.2, 0) is 15.9 Å². The molecular weight excluding hydrogens is 395 g/mol. The molecule has 0 saturated heterocycles. The van der Waals surface area contributed by atoms with Crippen LogP contribution >= 0.6 is 0 Å². The van der Waals surface area contributed by atoms with Crippen LogP contribution in [0, 0.1) is 11.3 Å². The Hall–Kier alpha value is -2.77. The zero-order chi connectivity index (χ0) is 18.9. The normalized spacial score (nSPS) is 10.6. The number of fused-ring (bicyclic) bond motifs is 1. The number of carbonyl (C=O) groups is 2. The van der Waals surface area contributed by atoms with Gasteiger partial charge in [0.2, 0.25) is 0 Å². The van der Waals surface area contributed by atoms with E-state index in [1.165, 1.54) is 16.8 Å². The number of carbonyl (C=O) groups excluding carboxylic acids is 2. The second kappa shape index (κ2) is 9.64. The van der Waals surface area contributed by atoms with Crippen molar-refractivity contribution in [1.82, 2.24) is 4.57 Å². The van der Waals surface area contributed by atoms with E-state index in [-0.39, 0.29) is 18.0 Å². The van der Waals surface area contributed by atoms with Gasteiger partial charge < -0.3 is 0 Å². The zero-order valence-electron chi connectivity index (χ0n) is 14.2. The Morgan fingerprint density at radius 3 is 2.65 bits per heavy atom. The first-order valence-electron chi connectivity index (χ1n) is 7.94. The van der Waals surface area contributed by atoms with Crippen molar-refractivity contribution in [2.75, 3.05) is 13.2 Å². The van der Waals surface area contributed by atoms with E-state index in [1.54, 1.807) is 12.1 Å². The van der Waals surface area contributed by atoms with Crippen LogP contribution in [0.3, 0.4) is 0 Å². The van der Waals surface area contributed by atoms with Crippen LogP contribution in [-0.4, -0.2) is 44.4 Å². The molecule has 134 valence electrons. The first-order chi connectivity index (χ1) is 12.6. The second-order valence-electron chi connectivity index (χ2n) is 5.31. The number of rotatable bonds is 8. The van der Waals surface area contributed by atoms with Crippen LogP contribution in [0.25, 0.3) is 10.9 Å². The van der Waals surface area contributed by atoms with Gasteiger partial charge in [-0.25, -0.2) is 0 Å². The van der Waals surface area contributed by atoms with Crippen molar-refractivity contribution in [3.8, 4) is 6.07 Å². The Kier molecular flexibility index (Phi) is 7.25. The fourth-order valence-electron chi connectivity index (χ4n) is 2.37. The number of nitrogens with zero attached hydrogens (tertiary/aromatic N) is 2. The fraction of sp³-hybridized carbons (Fsp3) is 0.211. The molecule has 0 saturated carbocycles. The summed E-state index contributed by atoms with van der Waals surface area (Å²) in [6.45, 7) is 7.36. The summed E-state index contributed by atoms with van der Waals surface area (Å²) in [7, 11) is 0. The van der Waals surface area contributed by atoms with Gasteiger partial charge in [0.1, 0.15) is 0 Å². The van der Waals surface area contributed by atoms with Crippen LogP contribution in [0.1, 0.15) is 11.1 Å². The van der Waals surface area contributed by atoms with Gasteiger partial charge in [-0.2, -0.15) is 0 Å². The molecule has 0 aliphatic carbocycles. The molecule has 0 aliphatic rings. The SMILES string of the molecule is C=CCOC(=O)[AsH]CCc1ccc2c(c1)c(C#N)cn2C(=O)OCC=C. The van der Waals surface area contributed by atoms with E-state index in [1.807, 2.05) is 12.1 Å². The minimum atomic E-state index is -0.846. The molecule has 0 fully saturated rings. The standard InChI is InChI=1S/C19H19AsN2O4/c1-3-9-25-18(23)20-8-7-14-5-6-17-16(11-14)15(12-21)13-22(17)19(24)26-10-4-2/h3-6,11,13,20H,1-2,7-10H2. The molecule has 6 nitrogen and oxygen atoms in total. The molecule has 1 atom stereocenters. The Morgan fingerprint density at radius 2 is 1.96 bits per heavy atom. The van der Waals surface area contributed by atoms with Crippen LogP contribution in [0.5, 0.6) is 0 Å². The number of benzene rings is 1. The van der Waals surface area contributed by atoms with Gasteiger partial charge in [0.15, 0.2) is 0 Å². The van der Waals surface area contributed by atoms with Gasteiger partial charge in [-0.05, 0) is 0 Å². The number of nitriles is 1. The molecule has 0 amide bonds. The van der Waals surface area contributed by atoms with E-state index < -0.39 is 21.8 Å². The van der Waals surface area contributed by atoms with Crippen molar-refractivity contribution in [1.29, 1.82) is 5.26 Å². The van der Waals surface area contributed by atoms with Gasteiger partial charge in [-0.1, -0.05) is 0 Å². The van der Waals surface area contributed by atoms with Crippen molar-refractivity contribution in [2.45, 2.75) is 11.6 Å². The van der Waals surface area contributed by atoms with Gasteiger partial charge in [0.05, 0.1) is 0 Å². The third-order valence-corrected chi connectivity index (χ3v) is 5.48. The molecule has 0 spiro atoms. The zero-order valence-corrected chi connectivity index (χ0v) is 16.3. The number of aromatic nitrogens is 1. The summed E-state index contributed by atoms with van der Waals surface area (Å²) in [6, 6.07) is 7.66. The number of hydrogen-bond donors (Lipinski definition) is 0. The van der Waals surface area contributed by atoms with E-state index in [0.717, 1.165) is 17.2 Å². The van der Waals surface area contributed by atoms with E-state index >= 15 is 0 Å². The van der Waals surface area contributed by atoms with Gasteiger partial charge in [0, 0.05) is 0 Å². The molecule has 7 heteroatoms. The van der Waals surface area contributed by atoms with Gasteiger partial charge in [-0.3, -0.25) is 0 Å². The predicted octanol–water partition coefficient (Wildman–Crippen LogP) is 3.40. The van der Waals surface area contributed by atoms with Crippen molar-refractivity contribution >= 4 is 37.5 Å². The Morgan fingerprint density at radius 1 is 1.23 bits per heavy atom. The molecule has 2 rings (SSSR count). The summed E-state index contributed by atoms with van der Waals surface area (Å²) in [5.41, 5.74) is 2.02. The summed E-state index contributed by atoms with van der Waals surface area (Å²) >= 11 is -0.846. The van der Waals surface area contributed by atoms with E-state index in [4.69, 9.17) is 9.47 Å². The quantitative estimate of drug-likeness (QED) is 0.489. The Labute approximate surface area is 158 Å². The number of aryl methyl sites for hydroxylation is 1. The number of ether oxygens (including phenoxy) is 2. The van der Waals surface area contributed by atoms with E-state index in [0.29, 0.717) is 16.5 Å². The third kappa shape index (κ3) is 4.87.